The number of nitrogens with one attached hydrogen (secondary N) is 1. The van der Waals surface area contributed by atoms with E-state index in [1.165, 1.54) is 17.2 Å². The van der Waals surface area contributed by atoms with E-state index in [-0.39, 0.29) is 24.6 Å². The molecule has 2 atom stereocenters. The highest BCUT2D eigenvalue weighted by Crippen LogP contribution is 2.50. The predicted octanol–water partition coefficient (Wildman–Crippen LogP) is 6.11. The minimum atomic E-state index is -4.99. The Morgan fingerprint density at radius 1 is 1.08 bits per heavy atom. The Balaban J connectivity index is 1.34. The number of hydrogen-bond acceptors (Lipinski definition) is 5. The van der Waals surface area contributed by atoms with Gasteiger partial charge in [0.15, 0.2) is 5.82 Å². The first-order chi connectivity index (χ1) is 17.7. The van der Waals surface area contributed by atoms with Crippen molar-refractivity contribution >= 4 is 34.9 Å². The van der Waals surface area contributed by atoms with Gasteiger partial charge in [0.05, 0.1) is 16.5 Å². The number of amides is 1. The summed E-state index contributed by atoms with van der Waals surface area (Å²) in [6, 6.07) is 0.879. The lowest BCUT2D eigenvalue weighted by Crippen LogP contribution is -2.47. The number of rotatable bonds is 4. The molecule has 1 fully saturated rings. The van der Waals surface area contributed by atoms with Crippen LogP contribution in [0.2, 0.25) is 10.0 Å². The number of amidine groups is 1. The van der Waals surface area contributed by atoms with Gasteiger partial charge < -0.3 is 15.1 Å². The maximum Gasteiger partial charge on any atom is 0.435 e. The van der Waals surface area contributed by atoms with Crippen LogP contribution in [0, 0.1) is 11.7 Å². The van der Waals surface area contributed by atoms with E-state index in [0.29, 0.717) is 24.0 Å². The lowest BCUT2D eigenvalue weighted by Gasteiger charge is -2.30. The molecule has 0 spiro atoms. The molecule has 3 aliphatic rings. The maximum atomic E-state index is 14.2. The number of nitrogens with zero attached hydrogens (tertiary/aromatic N) is 3. The van der Waals surface area contributed by atoms with Crippen molar-refractivity contribution < 1.29 is 40.4 Å². The standard InChI is InChI=1S/C23H17Cl2F7N4O2/c24-14-4-13(5-15(25)18(14)26)21(23(30,31)32)6-17(35-38-21)36-8-11-3-16(33-7-12(11)9-36)20(37)34-19(10-1-2-10)22(27,28)29/h3-5,7,10,19H,1-2,6,8-9H2,(H,34,37). The summed E-state index contributed by atoms with van der Waals surface area (Å²) in [6.45, 7) is 0.0725. The van der Waals surface area contributed by atoms with Crippen LogP contribution in [-0.2, 0) is 23.5 Å². The fourth-order valence-corrected chi connectivity index (χ4v) is 5.03. The summed E-state index contributed by atoms with van der Waals surface area (Å²) in [5, 5.41) is 4.41. The summed E-state index contributed by atoms with van der Waals surface area (Å²) in [7, 11) is 0. The highest BCUT2D eigenvalue weighted by Gasteiger charge is 2.63. The van der Waals surface area contributed by atoms with Crippen LogP contribution in [-0.4, -0.2) is 40.0 Å². The normalized spacial score (nSPS) is 22.1. The first-order valence-corrected chi connectivity index (χ1v) is 12.0. The molecule has 1 N–H and O–H groups in total. The molecule has 2 aromatic rings. The molecule has 15 heteroatoms. The number of pyridine rings is 1. The molecule has 204 valence electrons. The Labute approximate surface area is 220 Å². The number of fused-ring (bicyclic) bond motifs is 1. The second kappa shape index (κ2) is 9.15. The number of aromatic nitrogens is 1. The Hall–Kier alpha value is -2.80. The maximum absolute atomic E-state index is 14.2. The minimum absolute atomic E-state index is 0.00448. The quantitative estimate of drug-likeness (QED) is 0.348. The zero-order chi connectivity index (χ0) is 27.6. The molecular weight excluding hydrogens is 568 g/mol. The van der Waals surface area contributed by atoms with Crippen LogP contribution in [0.4, 0.5) is 30.7 Å². The average Bonchev–Trinajstić information content (AvgIpc) is 3.38. The average molecular weight is 585 g/mol. The highest BCUT2D eigenvalue weighted by molar-refractivity contribution is 6.35. The van der Waals surface area contributed by atoms with Gasteiger partial charge >= 0.3 is 12.4 Å². The third kappa shape index (κ3) is 4.74. The zero-order valence-corrected chi connectivity index (χ0v) is 20.6. The number of alkyl halides is 6. The van der Waals surface area contributed by atoms with E-state index >= 15 is 0 Å². The van der Waals surface area contributed by atoms with Gasteiger partial charge in [-0.3, -0.25) is 9.78 Å². The Morgan fingerprint density at radius 2 is 1.71 bits per heavy atom. The topological polar surface area (TPSA) is 66.8 Å². The van der Waals surface area contributed by atoms with Crippen molar-refractivity contribution in [1.82, 2.24) is 15.2 Å². The highest BCUT2D eigenvalue weighted by atomic mass is 35.5. The predicted molar refractivity (Wildman–Crippen MR) is 121 cm³/mol. The van der Waals surface area contributed by atoms with Crippen molar-refractivity contribution in [2.24, 2.45) is 11.1 Å². The zero-order valence-electron chi connectivity index (χ0n) is 19.1. The molecule has 0 radical (unpaired) electrons. The molecular formula is C23H17Cl2F7N4O2. The van der Waals surface area contributed by atoms with Gasteiger partial charge in [-0.1, -0.05) is 28.4 Å². The molecule has 1 aromatic carbocycles. The van der Waals surface area contributed by atoms with E-state index in [4.69, 9.17) is 28.0 Å². The molecule has 1 amide bonds. The van der Waals surface area contributed by atoms with Gasteiger partial charge in [-0.15, -0.1) is 0 Å². The van der Waals surface area contributed by atoms with Crippen molar-refractivity contribution in [3.05, 3.63) is 62.6 Å². The number of carbonyl (C=O) groups is 1. The van der Waals surface area contributed by atoms with E-state index < -0.39 is 63.7 Å². The number of oxime groups is 1. The van der Waals surface area contributed by atoms with Crippen LogP contribution >= 0.6 is 23.2 Å². The van der Waals surface area contributed by atoms with Gasteiger partial charge in [0.25, 0.3) is 11.5 Å². The monoisotopic (exact) mass is 584 g/mol. The number of benzene rings is 1. The van der Waals surface area contributed by atoms with Crippen molar-refractivity contribution in [1.29, 1.82) is 0 Å². The summed E-state index contributed by atoms with van der Waals surface area (Å²) in [5.74, 6) is -2.84. The fourth-order valence-electron chi connectivity index (χ4n) is 4.55. The van der Waals surface area contributed by atoms with Gasteiger partial charge in [-0.25, -0.2) is 4.39 Å². The van der Waals surface area contributed by atoms with Crippen molar-refractivity contribution in [2.45, 2.75) is 56.3 Å². The Bertz CT molecular complexity index is 1310. The van der Waals surface area contributed by atoms with Crippen LogP contribution < -0.4 is 5.32 Å². The third-order valence-electron chi connectivity index (χ3n) is 6.76. The fraction of sp³-hybridized carbons (Fsp3) is 0.435. The largest absolute Gasteiger partial charge is 0.435 e. The summed E-state index contributed by atoms with van der Waals surface area (Å²) >= 11 is 11.4. The minimum Gasteiger partial charge on any atom is -0.372 e. The van der Waals surface area contributed by atoms with E-state index in [1.807, 2.05) is 5.32 Å². The van der Waals surface area contributed by atoms with Crippen LogP contribution in [0.5, 0.6) is 0 Å². The van der Waals surface area contributed by atoms with Gasteiger partial charge in [0.2, 0.25) is 0 Å². The van der Waals surface area contributed by atoms with Crippen LogP contribution in [0.3, 0.4) is 0 Å². The smallest absolute Gasteiger partial charge is 0.372 e. The van der Waals surface area contributed by atoms with E-state index in [0.717, 1.165) is 12.1 Å². The van der Waals surface area contributed by atoms with Gasteiger partial charge in [0, 0.05) is 24.8 Å². The van der Waals surface area contributed by atoms with E-state index in [2.05, 4.69) is 10.1 Å². The number of hydrogen-bond donors (Lipinski definition) is 1. The van der Waals surface area contributed by atoms with Crippen LogP contribution in [0.25, 0.3) is 0 Å². The Morgan fingerprint density at radius 3 is 2.29 bits per heavy atom. The summed E-state index contributed by atoms with van der Waals surface area (Å²) in [5.41, 5.74) is -2.72. The molecule has 2 unspecified atom stereocenters. The van der Waals surface area contributed by atoms with Gasteiger partial charge in [-0.05, 0) is 48.1 Å². The van der Waals surface area contributed by atoms with E-state index in [1.54, 1.807) is 0 Å². The molecule has 1 saturated carbocycles. The lowest BCUT2D eigenvalue weighted by molar-refractivity contribution is -0.275. The molecule has 0 saturated heterocycles. The summed E-state index contributed by atoms with van der Waals surface area (Å²) in [6.07, 6.45) is -8.36. The molecule has 1 aromatic heterocycles. The summed E-state index contributed by atoms with van der Waals surface area (Å²) in [4.78, 5) is 22.8. The molecule has 1 aliphatic carbocycles. The van der Waals surface area contributed by atoms with Crippen molar-refractivity contribution in [3.8, 4) is 0 Å². The molecule has 2 aliphatic heterocycles. The first kappa shape index (κ1) is 26.8. The Kier molecular flexibility index (Phi) is 6.45. The second-order valence-electron chi connectivity index (χ2n) is 9.38. The lowest BCUT2D eigenvalue weighted by atomic mass is 9.89. The molecule has 5 rings (SSSR count). The van der Waals surface area contributed by atoms with Crippen LogP contribution in [0.1, 0.15) is 46.4 Å². The van der Waals surface area contributed by atoms with Crippen molar-refractivity contribution in [3.63, 3.8) is 0 Å². The SMILES string of the molecule is O=C(NC(C1CC1)C(F)(F)F)c1cc2c(cn1)CN(C1=NOC(c3cc(Cl)c(F)c(Cl)c3)(C(F)(F)F)C1)C2. The second-order valence-corrected chi connectivity index (χ2v) is 10.2. The molecule has 0 bridgehead atoms. The molecule has 38 heavy (non-hydrogen) atoms. The number of carbonyl (C=O) groups excluding carboxylic acids is 1. The number of halogens is 9. The van der Waals surface area contributed by atoms with Gasteiger partial charge in [0.1, 0.15) is 17.6 Å². The van der Waals surface area contributed by atoms with Crippen molar-refractivity contribution in [2.75, 3.05) is 0 Å². The third-order valence-corrected chi connectivity index (χ3v) is 7.31. The van der Waals surface area contributed by atoms with Crippen LogP contribution in [0.15, 0.2) is 29.6 Å². The van der Waals surface area contributed by atoms with E-state index in [9.17, 15) is 35.5 Å². The molecule has 6 nitrogen and oxygen atoms in total. The molecule has 3 heterocycles. The van der Waals surface area contributed by atoms with Gasteiger partial charge in [-0.2, -0.15) is 26.3 Å². The summed E-state index contributed by atoms with van der Waals surface area (Å²) < 4.78 is 96.4. The first-order valence-electron chi connectivity index (χ1n) is 11.3.